The van der Waals surface area contributed by atoms with Gasteiger partial charge in [-0.05, 0) is 150 Å². The molecule has 598 valence electrons. The van der Waals surface area contributed by atoms with E-state index in [2.05, 4.69) is 56.1 Å². The third-order valence-corrected chi connectivity index (χ3v) is 19.7. The van der Waals surface area contributed by atoms with Gasteiger partial charge in [0.2, 0.25) is 11.5 Å². The number of hydrogen-bond donors (Lipinski definition) is 2. The zero-order valence-electron chi connectivity index (χ0n) is 65.7. The maximum absolute atomic E-state index is 13.8. The number of esters is 2. The number of carbonyl (C=O) groups is 4. The summed E-state index contributed by atoms with van der Waals surface area (Å²) in [5.41, 5.74) is 1.07. The van der Waals surface area contributed by atoms with Crippen LogP contribution in [0.2, 0.25) is 0 Å². The Balaban J connectivity index is 1.54. The summed E-state index contributed by atoms with van der Waals surface area (Å²) in [5, 5.41) is 46.7. The van der Waals surface area contributed by atoms with Gasteiger partial charge < -0.3 is 67.7 Å². The molecule has 0 bridgehead atoms. The second kappa shape index (κ2) is 50.2. The van der Waals surface area contributed by atoms with Gasteiger partial charge in [-0.1, -0.05) is 167 Å². The van der Waals surface area contributed by atoms with Crippen molar-refractivity contribution in [2.45, 2.75) is 230 Å². The molecule has 0 saturated carbocycles. The van der Waals surface area contributed by atoms with Crippen molar-refractivity contribution in [3.05, 3.63) is 115 Å². The summed E-state index contributed by atoms with van der Waals surface area (Å²) in [4.78, 5) is 90.1. The minimum atomic E-state index is -2.26. The summed E-state index contributed by atoms with van der Waals surface area (Å²) in [7, 11) is 13.1. The number of unbranched alkanes of at least 4 members (excludes halogenated alkanes) is 18. The number of methoxy groups -OCH3 is 6. The van der Waals surface area contributed by atoms with Crippen LogP contribution in [0.1, 0.15) is 229 Å². The third-order valence-electron chi connectivity index (χ3n) is 19.7. The minimum Gasteiger partial charge on any atom is -0.493 e. The number of carbonyl (C=O) groups excluding carboxylic acids is 4. The zero-order chi connectivity index (χ0) is 79.3. The second-order valence-corrected chi connectivity index (χ2v) is 27.2. The SMILES string of the molecule is CCCCCCCCCCCCC(C#N)(CCCN(C)C(C)c1cccc(OC(OC(=O)C(=O)OC(Oc2cccc(C(C)N(C)CCCC(C#N)(CCCCCCCCCCCC)c3cc(OC)c(OC)c(OC)c3)c2)C(=O)NCCO[N+](=O)[O-])C(=O)NCCO[N+](=O)[O-])c1)c1cc(OC)c(OC)c(OC)c1. The lowest BCUT2D eigenvalue weighted by molar-refractivity contribution is -0.757. The van der Waals surface area contributed by atoms with Crippen molar-refractivity contribution >= 4 is 23.8 Å². The molecule has 28 heteroatoms. The van der Waals surface area contributed by atoms with Crippen molar-refractivity contribution in [3.63, 3.8) is 0 Å². The lowest BCUT2D eigenvalue weighted by Gasteiger charge is -2.31. The monoisotopic (exact) mass is 1510 g/mol. The van der Waals surface area contributed by atoms with Crippen LogP contribution in [0, 0.1) is 42.9 Å². The van der Waals surface area contributed by atoms with E-state index in [-0.39, 0.29) is 23.6 Å². The summed E-state index contributed by atoms with van der Waals surface area (Å²) in [5.74, 6) is -3.43. The lowest BCUT2D eigenvalue weighted by Crippen LogP contribution is -2.46. The molecule has 4 rings (SSSR count). The van der Waals surface area contributed by atoms with Crippen LogP contribution in [0.3, 0.4) is 0 Å². The number of ether oxygens (including phenoxy) is 10. The van der Waals surface area contributed by atoms with E-state index in [9.17, 15) is 49.9 Å². The van der Waals surface area contributed by atoms with Crippen molar-refractivity contribution in [1.29, 1.82) is 10.5 Å². The van der Waals surface area contributed by atoms with Gasteiger partial charge in [0.25, 0.3) is 10.2 Å². The normalized spacial score (nSPS) is 13.3. The van der Waals surface area contributed by atoms with Crippen molar-refractivity contribution in [1.82, 2.24) is 20.4 Å². The summed E-state index contributed by atoms with van der Waals surface area (Å²) < 4.78 is 56.8. The highest BCUT2D eigenvalue weighted by Gasteiger charge is 2.38. The molecule has 0 aliphatic rings. The number of rotatable bonds is 58. The van der Waals surface area contributed by atoms with Gasteiger partial charge in [-0.15, -0.1) is 20.2 Å². The minimum absolute atomic E-state index is 0.0131. The van der Waals surface area contributed by atoms with Gasteiger partial charge >= 0.3 is 36.3 Å². The molecule has 2 amide bonds. The van der Waals surface area contributed by atoms with Crippen LogP contribution >= 0.6 is 0 Å². The molecule has 0 aliphatic heterocycles. The standard InChI is InChI=1S/C80H118N8O20/c1-13-15-17-19-21-23-25-27-29-31-41-79(57-81,63-53-67(97-7)71(101-11)68(54-63)98-8)43-35-47-85(5)59(3)61-37-33-39-65(51-61)105-77(73(89)83-45-49-103-87(93)94)107-75(91)76(92)108-78(74(90)84-46-50-104-88(95)96)106-66-40-34-38-62(52-66)60(4)86(6)48-36-44-80(58-82,42-32-30-28-26-24-22-20-18-16-14-2)64-55-69(99-9)72(102-12)70(56-64)100-10/h33-34,37-40,51-56,59-60,77-78H,13-32,35-36,41-50H2,1-12H3,(H,83,89)(H,84,90). The van der Waals surface area contributed by atoms with Gasteiger partial charge in [-0.3, -0.25) is 19.4 Å². The van der Waals surface area contributed by atoms with E-state index in [4.69, 9.17) is 47.4 Å². The summed E-state index contributed by atoms with van der Waals surface area (Å²) in [6, 6.07) is 25.2. The topological polar surface area (TPSA) is 343 Å². The molecule has 6 atom stereocenters. The average molecular weight is 1510 g/mol. The van der Waals surface area contributed by atoms with E-state index in [1.807, 2.05) is 64.3 Å². The molecule has 4 aromatic rings. The van der Waals surface area contributed by atoms with E-state index in [0.29, 0.717) is 97.2 Å². The molecular formula is C80H118N8O20. The summed E-state index contributed by atoms with van der Waals surface area (Å²) >= 11 is 0. The first-order chi connectivity index (χ1) is 52.1. The Morgan fingerprint density at radius 1 is 0.463 bits per heavy atom. The molecule has 2 N–H and O–H groups in total. The van der Waals surface area contributed by atoms with Crippen LogP contribution < -0.4 is 48.5 Å². The third kappa shape index (κ3) is 30.3. The van der Waals surface area contributed by atoms with Crippen molar-refractivity contribution in [3.8, 4) is 58.1 Å². The molecular weight excluding hydrogens is 1390 g/mol. The molecule has 0 saturated heterocycles. The zero-order valence-corrected chi connectivity index (χ0v) is 65.7. The lowest BCUT2D eigenvalue weighted by atomic mass is 9.73. The molecule has 0 fully saturated rings. The Kier molecular flexibility index (Phi) is 42.2. The molecule has 0 radical (unpaired) electrons. The first-order valence-corrected chi connectivity index (χ1v) is 38.0. The maximum atomic E-state index is 13.8. The predicted molar refractivity (Wildman–Crippen MR) is 406 cm³/mol. The van der Waals surface area contributed by atoms with Crippen LogP contribution in [0.4, 0.5) is 0 Å². The maximum Gasteiger partial charge on any atom is 0.421 e. The number of benzene rings is 4. The predicted octanol–water partition coefficient (Wildman–Crippen LogP) is 14.7. The van der Waals surface area contributed by atoms with Crippen LogP contribution in [-0.4, -0.2) is 152 Å². The number of amides is 2. The quantitative estimate of drug-likeness (QED) is 0.0104. The smallest absolute Gasteiger partial charge is 0.421 e. The van der Waals surface area contributed by atoms with Gasteiger partial charge in [-0.25, -0.2) is 9.59 Å². The number of nitriles is 2. The summed E-state index contributed by atoms with van der Waals surface area (Å²) in [6.07, 6.45) is 21.7. The first-order valence-electron chi connectivity index (χ1n) is 38.0. The van der Waals surface area contributed by atoms with Crippen LogP contribution in [0.5, 0.6) is 46.0 Å². The Hall–Kier alpha value is -9.54. The highest BCUT2D eigenvalue weighted by Crippen LogP contribution is 2.47. The molecule has 6 unspecified atom stereocenters. The Bertz CT molecular complexity index is 3200. The van der Waals surface area contributed by atoms with E-state index in [1.54, 1.807) is 52.7 Å². The first kappa shape index (κ1) is 90.8. The van der Waals surface area contributed by atoms with Crippen molar-refractivity contribution < 1.29 is 86.4 Å². The molecule has 0 heterocycles. The fourth-order valence-corrected chi connectivity index (χ4v) is 13.1. The van der Waals surface area contributed by atoms with Crippen LogP contribution in [0.25, 0.3) is 0 Å². The van der Waals surface area contributed by atoms with E-state index in [0.717, 1.165) is 62.5 Å². The number of nitrogens with one attached hydrogen (secondary N) is 2. The Morgan fingerprint density at radius 3 is 1.06 bits per heavy atom. The van der Waals surface area contributed by atoms with Crippen molar-refractivity contribution in [2.24, 2.45) is 0 Å². The molecule has 0 aliphatic carbocycles. The summed E-state index contributed by atoms with van der Waals surface area (Å²) in [6.45, 7) is 7.19. The van der Waals surface area contributed by atoms with Crippen LogP contribution in [0.15, 0.2) is 72.8 Å². The molecule has 28 nitrogen and oxygen atoms in total. The van der Waals surface area contributed by atoms with Gasteiger partial charge in [0, 0.05) is 25.2 Å². The van der Waals surface area contributed by atoms with Gasteiger partial charge in [-0.2, -0.15) is 10.5 Å². The largest absolute Gasteiger partial charge is 0.493 e. The van der Waals surface area contributed by atoms with Gasteiger partial charge in [0.05, 0.1) is 65.6 Å². The van der Waals surface area contributed by atoms with Gasteiger partial charge in [0.1, 0.15) is 24.7 Å². The highest BCUT2D eigenvalue weighted by molar-refractivity contribution is 6.30. The Morgan fingerprint density at radius 2 is 0.769 bits per heavy atom. The Labute approximate surface area is 638 Å². The van der Waals surface area contributed by atoms with E-state index >= 15 is 0 Å². The molecule has 0 aromatic heterocycles. The van der Waals surface area contributed by atoms with Crippen LogP contribution in [-0.2, 0) is 49.2 Å². The molecule has 4 aromatic carbocycles. The average Bonchev–Trinajstić information content (AvgIpc) is 0.791. The number of nitrogens with zero attached hydrogens (tertiary/aromatic N) is 6. The second-order valence-electron chi connectivity index (χ2n) is 27.2. The van der Waals surface area contributed by atoms with Gasteiger partial charge in [0.15, 0.2) is 23.0 Å². The highest BCUT2D eigenvalue weighted by atomic mass is 17.0. The molecule has 0 spiro atoms. The molecule has 108 heavy (non-hydrogen) atoms. The van der Waals surface area contributed by atoms with E-state index in [1.165, 1.54) is 103 Å². The number of hydrogen-bond acceptors (Lipinski definition) is 24. The fraction of sp³-hybridized carbons (Fsp3) is 0.625. The fourth-order valence-electron chi connectivity index (χ4n) is 13.1. The van der Waals surface area contributed by atoms with E-state index < -0.39 is 83.6 Å². The van der Waals surface area contributed by atoms with Crippen molar-refractivity contribution in [2.75, 3.05) is 96.1 Å².